The normalized spacial score (nSPS) is 16.3. The van der Waals surface area contributed by atoms with Crippen LogP contribution in [0.25, 0.3) is 0 Å². The number of hydroxylamine groups is 2. The SMILES string of the molecule is COC1=CCON(Cc2ccccc2)C1C(OCc1ccccc1)C(OCc1ccccc1)C(CO[Si](c1ccccc1)(c1ccccc1)C(C)(C)C)OCc1ccccc1. The Kier molecular flexibility index (Phi) is 15.5. The van der Waals surface area contributed by atoms with Gasteiger partial charge in [0.2, 0.25) is 0 Å². The van der Waals surface area contributed by atoms with Gasteiger partial charge in [0.15, 0.2) is 0 Å². The van der Waals surface area contributed by atoms with E-state index in [-0.39, 0.29) is 11.6 Å². The molecule has 0 amide bonds. The molecule has 0 saturated carbocycles. The van der Waals surface area contributed by atoms with Gasteiger partial charge in [-0.15, -0.1) is 0 Å². The van der Waals surface area contributed by atoms with Crippen LogP contribution in [0.2, 0.25) is 5.04 Å². The summed E-state index contributed by atoms with van der Waals surface area (Å²) in [4.78, 5) is 6.53. The van der Waals surface area contributed by atoms with Crippen molar-refractivity contribution in [2.45, 2.75) is 76.5 Å². The Labute approximate surface area is 363 Å². The van der Waals surface area contributed by atoms with E-state index >= 15 is 0 Å². The summed E-state index contributed by atoms with van der Waals surface area (Å²) in [5.41, 5.74) is 4.22. The van der Waals surface area contributed by atoms with Crippen LogP contribution < -0.4 is 10.4 Å². The third kappa shape index (κ3) is 11.2. The molecule has 6 aromatic carbocycles. The van der Waals surface area contributed by atoms with Crippen LogP contribution in [-0.4, -0.2) is 58.1 Å². The molecule has 7 rings (SSSR count). The van der Waals surface area contributed by atoms with E-state index in [4.69, 9.17) is 28.2 Å². The lowest BCUT2D eigenvalue weighted by atomic mass is 9.96. The maximum absolute atomic E-state index is 7.71. The number of rotatable bonds is 20. The van der Waals surface area contributed by atoms with E-state index < -0.39 is 32.7 Å². The topological polar surface area (TPSA) is 58.6 Å². The standard InChI is InChI=1S/C53H59NO6Si/c1-53(2,3)61(46-31-19-9-20-32-46,47-33-21-10-22-34-47)60-41-49(56-38-43-25-13-6-14-26-43)51(57-39-44-27-15-7-16-28-44)52(58-40-45-29-17-8-18-30-45)50-48(55-4)35-36-59-54(50)37-42-23-11-5-12-24-42/h5-35,49-52H,36-41H2,1-4H3. The molecular weight excluding hydrogens is 775 g/mol. The predicted molar refractivity (Wildman–Crippen MR) is 245 cm³/mol. The smallest absolute Gasteiger partial charge is 0.261 e. The van der Waals surface area contributed by atoms with Crippen LogP contribution in [0.1, 0.15) is 43.0 Å². The van der Waals surface area contributed by atoms with Crippen molar-refractivity contribution in [1.82, 2.24) is 5.06 Å². The van der Waals surface area contributed by atoms with Crippen molar-refractivity contribution in [3.8, 4) is 0 Å². The summed E-state index contributed by atoms with van der Waals surface area (Å²) in [6.45, 7) is 8.95. The number of hydrogen-bond acceptors (Lipinski definition) is 7. The molecule has 0 fully saturated rings. The molecule has 0 bridgehead atoms. The first-order chi connectivity index (χ1) is 29.9. The minimum absolute atomic E-state index is 0.225. The van der Waals surface area contributed by atoms with Gasteiger partial charge in [-0.25, -0.2) is 0 Å². The van der Waals surface area contributed by atoms with E-state index in [0.29, 0.717) is 33.0 Å². The van der Waals surface area contributed by atoms with Gasteiger partial charge in [-0.3, -0.25) is 4.84 Å². The quantitative estimate of drug-likeness (QED) is 0.0711. The maximum atomic E-state index is 7.71. The monoisotopic (exact) mass is 833 g/mol. The van der Waals surface area contributed by atoms with Gasteiger partial charge in [0.25, 0.3) is 8.32 Å². The highest BCUT2D eigenvalue weighted by Gasteiger charge is 2.52. The molecule has 316 valence electrons. The van der Waals surface area contributed by atoms with Crippen molar-refractivity contribution in [1.29, 1.82) is 0 Å². The lowest BCUT2D eigenvalue weighted by Crippen LogP contribution is -2.67. The minimum Gasteiger partial charge on any atom is -0.499 e. The van der Waals surface area contributed by atoms with Crippen LogP contribution in [0, 0.1) is 0 Å². The van der Waals surface area contributed by atoms with Crippen LogP contribution >= 0.6 is 0 Å². The van der Waals surface area contributed by atoms with Crippen molar-refractivity contribution in [2.24, 2.45) is 0 Å². The molecule has 0 saturated heterocycles. The fourth-order valence-electron chi connectivity index (χ4n) is 8.29. The molecule has 6 aromatic rings. The van der Waals surface area contributed by atoms with E-state index in [2.05, 4.69) is 130 Å². The molecule has 4 unspecified atom stereocenters. The Bertz CT molecular complexity index is 2150. The zero-order valence-electron chi connectivity index (χ0n) is 35.8. The number of ether oxygens (including phenoxy) is 4. The van der Waals surface area contributed by atoms with Crippen molar-refractivity contribution < 1.29 is 28.2 Å². The predicted octanol–water partition coefficient (Wildman–Crippen LogP) is 9.67. The second-order valence-corrected chi connectivity index (χ2v) is 20.7. The molecule has 0 aliphatic carbocycles. The highest BCUT2D eigenvalue weighted by molar-refractivity contribution is 6.99. The molecule has 4 atom stereocenters. The van der Waals surface area contributed by atoms with Crippen LogP contribution in [0.15, 0.2) is 194 Å². The van der Waals surface area contributed by atoms with Crippen LogP contribution in [-0.2, 0) is 54.6 Å². The molecule has 0 spiro atoms. The highest BCUT2D eigenvalue weighted by atomic mass is 28.4. The Morgan fingerprint density at radius 1 is 0.574 bits per heavy atom. The van der Waals surface area contributed by atoms with Crippen molar-refractivity contribution >= 4 is 18.7 Å². The third-order valence-corrected chi connectivity index (χ3v) is 16.3. The summed E-state index contributed by atoms with van der Waals surface area (Å²) < 4.78 is 35.6. The molecule has 0 N–H and O–H groups in total. The average molecular weight is 834 g/mol. The van der Waals surface area contributed by atoms with Crippen molar-refractivity contribution in [2.75, 3.05) is 20.3 Å². The first-order valence-electron chi connectivity index (χ1n) is 21.2. The van der Waals surface area contributed by atoms with Crippen LogP contribution in [0.3, 0.4) is 0 Å². The third-order valence-electron chi connectivity index (χ3n) is 11.3. The zero-order chi connectivity index (χ0) is 42.3. The number of hydrogen-bond donors (Lipinski definition) is 0. The second kappa shape index (κ2) is 21.6. The Morgan fingerprint density at radius 3 is 1.46 bits per heavy atom. The molecule has 0 aromatic heterocycles. The van der Waals surface area contributed by atoms with Gasteiger partial charge in [-0.2, -0.15) is 5.06 Å². The molecule has 1 aliphatic rings. The summed E-state index contributed by atoms with van der Waals surface area (Å²) in [5, 5.41) is 4.10. The number of nitrogens with zero attached hydrogens (tertiary/aromatic N) is 1. The Balaban J connectivity index is 1.37. The summed E-state index contributed by atoms with van der Waals surface area (Å²) in [7, 11) is -1.31. The molecule has 8 heteroatoms. The summed E-state index contributed by atoms with van der Waals surface area (Å²) >= 11 is 0. The van der Waals surface area contributed by atoms with Gasteiger partial charge in [-0.05, 0) is 43.7 Å². The summed E-state index contributed by atoms with van der Waals surface area (Å²) in [5.74, 6) is 0.739. The minimum atomic E-state index is -3.03. The first kappa shape index (κ1) is 43.9. The lowest BCUT2D eigenvalue weighted by molar-refractivity contribution is -0.246. The average Bonchev–Trinajstić information content (AvgIpc) is 3.30. The molecular formula is C53H59NO6Si. The summed E-state index contributed by atoms with van der Waals surface area (Å²) in [6.07, 6.45) is 0.0276. The van der Waals surface area contributed by atoms with Gasteiger partial charge in [0, 0.05) is 0 Å². The van der Waals surface area contributed by atoms with E-state index in [0.717, 1.165) is 28.0 Å². The molecule has 1 aliphatic heterocycles. The van der Waals surface area contributed by atoms with Crippen molar-refractivity contribution in [3.05, 3.63) is 216 Å². The Morgan fingerprint density at radius 2 is 1.00 bits per heavy atom. The lowest BCUT2D eigenvalue weighted by Gasteiger charge is -2.46. The van der Waals surface area contributed by atoms with E-state index in [1.54, 1.807) is 7.11 Å². The van der Waals surface area contributed by atoms with Crippen LogP contribution in [0.4, 0.5) is 0 Å². The molecule has 7 nitrogen and oxygen atoms in total. The summed E-state index contributed by atoms with van der Waals surface area (Å²) in [6, 6.07) is 62.1. The van der Waals surface area contributed by atoms with Gasteiger partial charge in [0.1, 0.15) is 30.1 Å². The second-order valence-electron chi connectivity index (χ2n) is 16.4. The fraction of sp³-hybridized carbons (Fsp3) is 0.283. The molecule has 1 heterocycles. The molecule has 61 heavy (non-hydrogen) atoms. The van der Waals surface area contributed by atoms with Gasteiger partial charge < -0.3 is 23.4 Å². The van der Waals surface area contributed by atoms with Crippen molar-refractivity contribution in [3.63, 3.8) is 0 Å². The number of methoxy groups -OCH3 is 1. The highest BCUT2D eigenvalue weighted by Crippen LogP contribution is 2.38. The van der Waals surface area contributed by atoms with Gasteiger partial charge >= 0.3 is 0 Å². The zero-order valence-corrected chi connectivity index (χ0v) is 36.8. The van der Waals surface area contributed by atoms with Crippen LogP contribution in [0.5, 0.6) is 0 Å². The Hall–Kier alpha value is -5.16. The largest absolute Gasteiger partial charge is 0.499 e. The molecule has 0 radical (unpaired) electrons. The first-order valence-corrected chi connectivity index (χ1v) is 23.2. The number of benzene rings is 6. The van der Waals surface area contributed by atoms with Gasteiger partial charge in [-0.1, -0.05) is 203 Å². The van der Waals surface area contributed by atoms with Gasteiger partial charge in [0.05, 0.1) is 46.7 Å². The maximum Gasteiger partial charge on any atom is 0.261 e. The van der Waals surface area contributed by atoms with E-state index in [9.17, 15) is 0 Å². The van der Waals surface area contributed by atoms with E-state index in [1.807, 2.05) is 83.9 Å². The fourth-order valence-corrected chi connectivity index (χ4v) is 12.9. The van der Waals surface area contributed by atoms with E-state index in [1.165, 1.54) is 10.4 Å².